The molecule has 2 heterocycles. The lowest BCUT2D eigenvalue weighted by atomic mass is 10.2. The summed E-state index contributed by atoms with van der Waals surface area (Å²) in [5, 5.41) is 4.95. The zero-order chi connectivity index (χ0) is 18.0. The van der Waals surface area contributed by atoms with E-state index >= 15 is 0 Å². The van der Waals surface area contributed by atoms with Crippen molar-refractivity contribution in [1.82, 2.24) is 4.98 Å². The highest BCUT2D eigenvalue weighted by Gasteiger charge is 2.03. The molecule has 0 fully saturated rings. The molecular formula is C21H18N2OS2. The number of hydrogen-bond acceptors (Lipinski definition) is 4. The molecule has 0 saturated heterocycles. The van der Waals surface area contributed by atoms with Crippen LogP contribution in [-0.4, -0.2) is 16.6 Å². The molecule has 3 rings (SSSR count). The number of rotatable bonds is 6. The van der Waals surface area contributed by atoms with E-state index < -0.39 is 0 Å². The van der Waals surface area contributed by atoms with Crippen molar-refractivity contribution >= 4 is 34.7 Å². The lowest BCUT2D eigenvalue weighted by molar-refractivity contribution is -0.115. The predicted molar refractivity (Wildman–Crippen MR) is 110 cm³/mol. The van der Waals surface area contributed by atoms with E-state index in [0.29, 0.717) is 6.42 Å². The molecule has 0 radical (unpaired) electrons. The van der Waals surface area contributed by atoms with E-state index in [1.807, 2.05) is 60.0 Å². The second-order valence-corrected chi connectivity index (χ2v) is 7.53. The number of carbonyl (C=O) groups excluding carboxylic acids is 1. The fraction of sp³-hybridized carbons (Fsp3) is 0.143. The Morgan fingerprint density at radius 2 is 2.08 bits per heavy atom. The van der Waals surface area contributed by atoms with Crippen molar-refractivity contribution in [3.05, 3.63) is 82.3 Å². The van der Waals surface area contributed by atoms with Crippen LogP contribution in [0.5, 0.6) is 0 Å². The number of benzene rings is 1. The first-order valence-electron chi connectivity index (χ1n) is 8.23. The van der Waals surface area contributed by atoms with E-state index in [1.165, 1.54) is 0 Å². The number of nitrogens with one attached hydrogen (secondary N) is 1. The van der Waals surface area contributed by atoms with E-state index in [9.17, 15) is 4.79 Å². The molecule has 5 heteroatoms. The predicted octanol–water partition coefficient (Wildman–Crippen LogP) is 4.80. The van der Waals surface area contributed by atoms with Gasteiger partial charge in [-0.25, -0.2) is 0 Å². The summed E-state index contributed by atoms with van der Waals surface area (Å²) in [4.78, 5) is 17.4. The third kappa shape index (κ3) is 6.07. The van der Waals surface area contributed by atoms with Gasteiger partial charge in [0.05, 0.1) is 10.6 Å². The number of carbonyl (C=O) groups is 1. The summed E-state index contributed by atoms with van der Waals surface area (Å²) in [7, 11) is 0. The van der Waals surface area contributed by atoms with Gasteiger partial charge in [0.1, 0.15) is 0 Å². The molecule has 0 unspecified atom stereocenters. The normalized spacial score (nSPS) is 10.0. The Kier molecular flexibility index (Phi) is 6.88. The zero-order valence-electron chi connectivity index (χ0n) is 14.1. The van der Waals surface area contributed by atoms with Crippen LogP contribution in [0.4, 0.5) is 5.69 Å². The third-order valence-electron chi connectivity index (χ3n) is 3.45. The monoisotopic (exact) mass is 378 g/mol. The second-order valence-electron chi connectivity index (χ2n) is 5.48. The molecule has 0 aliphatic rings. The van der Waals surface area contributed by atoms with Crippen molar-refractivity contribution in [3.63, 3.8) is 0 Å². The van der Waals surface area contributed by atoms with Crippen molar-refractivity contribution in [3.8, 4) is 11.8 Å². The van der Waals surface area contributed by atoms with Crippen LogP contribution >= 0.6 is 23.1 Å². The molecule has 0 aliphatic heterocycles. The van der Waals surface area contributed by atoms with Crippen molar-refractivity contribution in [2.24, 2.45) is 0 Å². The Labute approximate surface area is 161 Å². The Hall–Kier alpha value is -2.55. The fourth-order valence-corrected chi connectivity index (χ4v) is 3.63. The molecule has 130 valence electrons. The number of pyridine rings is 1. The van der Waals surface area contributed by atoms with Gasteiger partial charge in [-0.2, -0.15) is 11.8 Å². The van der Waals surface area contributed by atoms with Crippen molar-refractivity contribution in [1.29, 1.82) is 0 Å². The summed E-state index contributed by atoms with van der Waals surface area (Å²) in [5.74, 6) is 7.86. The van der Waals surface area contributed by atoms with Gasteiger partial charge >= 0.3 is 0 Å². The molecule has 0 aliphatic carbocycles. The van der Waals surface area contributed by atoms with Crippen LogP contribution in [0, 0.1) is 11.8 Å². The Bertz CT molecular complexity index is 897. The highest BCUT2D eigenvalue weighted by molar-refractivity contribution is 7.98. The Morgan fingerprint density at radius 3 is 2.88 bits per heavy atom. The van der Waals surface area contributed by atoms with Gasteiger partial charge in [0.25, 0.3) is 0 Å². The highest BCUT2D eigenvalue weighted by Crippen LogP contribution is 2.14. The van der Waals surface area contributed by atoms with E-state index in [2.05, 4.69) is 22.1 Å². The van der Waals surface area contributed by atoms with Gasteiger partial charge in [-0.3, -0.25) is 9.78 Å². The SMILES string of the molecule is O=C(CCSCc1ccccn1)Nc1cccc(C#Cc2cccs2)c1. The van der Waals surface area contributed by atoms with Crippen LogP contribution in [0.3, 0.4) is 0 Å². The van der Waals surface area contributed by atoms with Crippen molar-refractivity contribution < 1.29 is 4.79 Å². The zero-order valence-corrected chi connectivity index (χ0v) is 15.8. The lowest BCUT2D eigenvalue weighted by Crippen LogP contribution is -2.12. The van der Waals surface area contributed by atoms with Crippen LogP contribution < -0.4 is 5.32 Å². The van der Waals surface area contributed by atoms with E-state index in [-0.39, 0.29) is 5.91 Å². The molecule has 1 aromatic carbocycles. The summed E-state index contributed by atoms with van der Waals surface area (Å²) in [6.45, 7) is 0. The molecule has 0 saturated carbocycles. The number of nitrogens with zero attached hydrogens (tertiary/aromatic N) is 1. The first-order valence-corrected chi connectivity index (χ1v) is 10.3. The maximum absolute atomic E-state index is 12.1. The quantitative estimate of drug-likeness (QED) is 0.495. The Morgan fingerprint density at radius 1 is 1.12 bits per heavy atom. The molecule has 1 amide bonds. The van der Waals surface area contributed by atoms with Crippen LogP contribution in [-0.2, 0) is 10.5 Å². The Balaban J connectivity index is 1.46. The maximum Gasteiger partial charge on any atom is 0.225 e. The third-order valence-corrected chi connectivity index (χ3v) is 5.23. The van der Waals surface area contributed by atoms with E-state index in [1.54, 1.807) is 29.3 Å². The molecular weight excluding hydrogens is 360 g/mol. The van der Waals surface area contributed by atoms with Crippen LogP contribution in [0.15, 0.2) is 66.2 Å². The molecule has 2 aromatic heterocycles. The number of thioether (sulfide) groups is 1. The van der Waals surface area contributed by atoms with Gasteiger partial charge in [-0.05, 0) is 41.8 Å². The average molecular weight is 379 g/mol. The van der Waals surface area contributed by atoms with E-state index in [0.717, 1.165) is 33.3 Å². The highest BCUT2D eigenvalue weighted by atomic mass is 32.2. The molecule has 0 atom stereocenters. The van der Waals surface area contributed by atoms with Crippen molar-refractivity contribution in [2.45, 2.75) is 12.2 Å². The summed E-state index contributed by atoms with van der Waals surface area (Å²) < 4.78 is 0. The minimum Gasteiger partial charge on any atom is -0.326 e. The summed E-state index contributed by atoms with van der Waals surface area (Å²) >= 11 is 3.33. The maximum atomic E-state index is 12.1. The first-order chi connectivity index (χ1) is 12.8. The second kappa shape index (κ2) is 9.81. The van der Waals surface area contributed by atoms with Gasteiger partial charge in [-0.1, -0.05) is 30.0 Å². The molecule has 1 N–H and O–H groups in total. The summed E-state index contributed by atoms with van der Waals surface area (Å²) in [5.41, 5.74) is 2.71. The molecule has 26 heavy (non-hydrogen) atoms. The average Bonchev–Trinajstić information content (AvgIpc) is 3.18. The molecule has 0 bridgehead atoms. The van der Waals surface area contributed by atoms with Gasteiger partial charge in [0.15, 0.2) is 0 Å². The summed E-state index contributed by atoms with van der Waals surface area (Å²) in [6, 6.07) is 17.5. The van der Waals surface area contributed by atoms with Crippen LogP contribution in [0.25, 0.3) is 0 Å². The minimum absolute atomic E-state index is 0.0156. The smallest absolute Gasteiger partial charge is 0.225 e. The number of aromatic nitrogens is 1. The standard InChI is InChI=1S/C21H18N2OS2/c24-21(11-14-25-16-19-6-1-2-12-22-19)23-18-7-3-5-17(15-18)9-10-20-8-4-13-26-20/h1-8,12-13,15H,11,14,16H2,(H,23,24). The molecule has 3 aromatic rings. The van der Waals surface area contributed by atoms with Crippen molar-refractivity contribution in [2.75, 3.05) is 11.1 Å². The number of anilines is 1. The minimum atomic E-state index is 0.0156. The lowest BCUT2D eigenvalue weighted by Gasteiger charge is -2.05. The van der Waals surface area contributed by atoms with Gasteiger partial charge in [0, 0.05) is 35.4 Å². The summed E-state index contributed by atoms with van der Waals surface area (Å²) in [6.07, 6.45) is 2.26. The van der Waals surface area contributed by atoms with Gasteiger partial charge < -0.3 is 5.32 Å². The van der Waals surface area contributed by atoms with Crippen LogP contribution in [0.1, 0.15) is 22.6 Å². The molecule has 3 nitrogen and oxygen atoms in total. The number of amides is 1. The van der Waals surface area contributed by atoms with Crippen LogP contribution in [0.2, 0.25) is 0 Å². The topological polar surface area (TPSA) is 42.0 Å². The van der Waals surface area contributed by atoms with Gasteiger partial charge in [0.2, 0.25) is 5.91 Å². The van der Waals surface area contributed by atoms with E-state index in [4.69, 9.17) is 0 Å². The molecule has 0 spiro atoms. The largest absolute Gasteiger partial charge is 0.326 e. The number of thiophene rings is 1. The number of hydrogen-bond donors (Lipinski definition) is 1. The fourth-order valence-electron chi connectivity index (χ4n) is 2.21. The first kappa shape index (κ1) is 18.2. The van der Waals surface area contributed by atoms with Gasteiger partial charge in [-0.15, -0.1) is 11.3 Å².